The maximum atomic E-state index is 13.0. The smallest absolute Gasteiger partial charge is 0.292 e. The quantitative estimate of drug-likeness (QED) is 0.537. The van der Waals surface area contributed by atoms with Crippen LogP contribution >= 0.6 is 0 Å². The summed E-state index contributed by atoms with van der Waals surface area (Å²) in [7, 11) is 0. The number of hydrogen-bond acceptors (Lipinski definition) is 4. The molecule has 0 amide bonds. The van der Waals surface area contributed by atoms with Gasteiger partial charge in [0.1, 0.15) is 0 Å². The zero-order valence-corrected chi connectivity index (χ0v) is 10.8. The molecule has 112 valence electrons. The second-order valence-corrected chi connectivity index (χ2v) is 4.42. The summed E-state index contributed by atoms with van der Waals surface area (Å²) in [5, 5.41) is 10.6. The molecule has 3 rings (SSSR count). The Morgan fingerprint density at radius 2 is 1.86 bits per heavy atom. The van der Waals surface area contributed by atoms with Crippen LogP contribution in [0.15, 0.2) is 42.9 Å². The average molecular weight is 308 g/mol. The lowest BCUT2D eigenvalue weighted by molar-refractivity contribution is -0.384. The largest absolute Gasteiger partial charge is 0.450 e. The maximum absolute atomic E-state index is 13.0. The van der Waals surface area contributed by atoms with Gasteiger partial charge in [0.05, 0.1) is 22.3 Å². The molecule has 0 aliphatic rings. The highest BCUT2D eigenvalue weighted by molar-refractivity contribution is 5.77. The van der Waals surface area contributed by atoms with E-state index in [0.717, 1.165) is 4.40 Å². The predicted octanol–water partition coefficient (Wildman–Crippen LogP) is 3.32. The molecule has 2 aromatic heterocycles. The van der Waals surface area contributed by atoms with Crippen LogP contribution in [0.2, 0.25) is 0 Å². The van der Waals surface area contributed by atoms with Crippen LogP contribution in [0.1, 0.15) is 5.82 Å². The Balaban J connectivity index is 2.21. The van der Waals surface area contributed by atoms with Gasteiger partial charge in [-0.05, 0) is 12.1 Å². The van der Waals surface area contributed by atoms with Crippen molar-refractivity contribution in [2.75, 3.05) is 0 Å². The first-order chi connectivity index (χ1) is 10.4. The number of hydrogen-bond donors (Lipinski definition) is 0. The number of nitro benzene ring substituents is 1. The molecule has 9 heteroatoms. The fraction of sp³-hybridized carbons (Fsp3) is 0.0769. The van der Waals surface area contributed by atoms with Crippen molar-refractivity contribution in [1.29, 1.82) is 0 Å². The highest BCUT2D eigenvalue weighted by atomic mass is 19.4. The Morgan fingerprint density at radius 1 is 1.18 bits per heavy atom. The van der Waals surface area contributed by atoms with Crippen molar-refractivity contribution in [3.8, 4) is 11.3 Å². The molecule has 0 radical (unpaired) electrons. The standard InChI is InChI=1S/C13H7F3N4O2/c14-13(15,16)12-18-11(10-7-17-5-6-19(10)12)8-1-3-9(4-2-8)20(21)22/h1-7H. The number of alkyl halides is 3. The van der Waals surface area contributed by atoms with Gasteiger partial charge in [0.2, 0.25) is 5.82 Å². The maximum Gasteiger partial charge on any atom is 0.450 e. The molecule has 22 heavy (non-hydrogen) atoms. The summed E-state index contributed by atoms with van der Waals surface area (Å²) in [4.78, 5) is 17.5. The van der Waals surface area contributed by atoms with E-state index in [1.807, 2.05) is 0 Å². The summed E-state index contributed by atoms with van der Waals surface area (Å²) < 4.78 is 40.0. The van der Waals surface area contributed by atoms with Crippen LogP contribution in [0.3, 0.4) is 0 Å². The lowest BCUT2D eigenvalue weighted by Crippen LogP contribution is -2.10. The highest BCUT2D eigenvalue weighted by Gasteiger charge is 2.37. The number of imidazole rings is 1. The molecule has 0 saturated carbocycles. The van der Waals surface area contributed by atoms with Crippen molar-refractivity contribution in [2.45, 2.75) is 6.18 Å². The van der Waals surface area contributed by atoms with Gasteiger partial charge in [-0.15, -0.1) is 0 Å². The summed E-state index contributed by atoms with van der Waals surface area (Å²) in [5.74, 6) is -1.07. The van der Waals surface area contributed by atoms with Gasteiger partial charge < -0.3 is 0 Å². The lowest BCUT2D eigenvalue weighted by Gasteiger charge is -2.03. The molecule has 0 atom stereocenters. The molecule has 0 N–H and O–H groups in total. The van der Waals surface area contributed by atoms with Gasteiger partial charge in [-0.1, -0.05) is 0 Å². The van der Waals surface area contributed by atoms with E-state index in [1.54, 1.807) is 0 Å². The van der Waals surface area contributed by atoms with E-state index in [0.29, 0.717) is 5.56 Å². The molecule has 1 aromatic carbocycles. The normalized spacial score (nSPS) is 11.8. The minimum Gasteiger partial charge on any atom is -0.292 e. The number of fused-ring (bicyclic) bond motifs is 1. The van der Waals surface area contributed by atoms with Crippen molar-refractivity contribution in [1.82, 2.24) is 14.4 Å². The zero-order valence-electron chi connectivity index (χ0n) is 10.8. The molecule has 6 nitrogen and oxygen atoms in total. The third-order valence-electron chi connectivity index (χ3n) is 3.05. The Bertz CT molecular complexity index is 856. The fourth-order valence-corrected chi connectivity index (χ4v) is 2.09. The van der Waals surface area contributed by atoms with E-state index in [2.05, 4.69) is 9.97 Å². The summed E-state index contributed by atoms with van der Waals surface area (Å²) >= 11 is 0. The van der Waals surface area contributed by atoms with E-state index in [9.17, 15) is 23.3 Å². The van der Waals surface area contributed by atoms with Gasteiger partial charge in [-0.2, -0.15) is 13.2 Å². The molecule has 3 aromatic rings. The minimum atomic E-state index is -4.62. The van der Waals surface area contributed by atoms with Crippen molar-refractivity contribution >= 4 is 11.2 Å². The summed E-state index contributed by atoms with van der Waals surface area (Å²) in [5.41, 5.74) is 0.423. The number of rotatable bonds is 2. The van der Waals surface area contributed by atoms with E-state index >= 15 is 0 Å². The van der Waals surface area contributed by atoms with Crippen LogP contribution in [0.5, 0.6) is 0 Å². The van der Waals surface area contributed by atoms with Crippen molar-refractivity contribution in [3.63, 3.8) is 0 Å². The van der Waals surface area contributed by atoms with Crippen molar-refractivity contribution in [3.05, 3.63) is 58.8 Å². The van der Waals surface area contributed by atoms with Crippen LogP contribution in [0.4, 0.5) is 18.9 Å². The summed E-state index contributed by atoms with van der Waals surface area (Å²) in [6, 6.07) is 5.13. The third kappa shape index (κ3) is 2.26. The van der Waals surface area contributed by atoms with Crippen LogP contribution < -0.4 is 0 Å². The molecule has 0 aliphatic carbocycles. The number of halogens is 3. The van der Waals surface area contributed by atoms with Crippen molar-refractivity contribution in [2.24, 2.45) is 0 Å². The van der Waals surface area contributed by atoms with E-state index in [4.69, 9.17) is 0 Å². The molecule has 0 spiro atoms. The molecular weight excluding hydrogens is 301 g/mol. The third-order valence-corrected chi connectivity index (χ3v) is 3.05. The van der Waals surface area contributed by atoms with Crippen LogP contribution in [0.25, 0.3) is 16.8 Å². The molecule has 0 unspecified atom stereocenters. The molecule has 0 bridgehead atoms. The van der Waals surface area contributed by atoms with Gasteiger partial charge in [0.25, 0.3) is 5.69 Å². The summed E-state index contributed by atoms with van der Waals surface area (Å²) in [6.45, 7) is 0. The van der Waals surface area contributed by atoms with E-state index < -0.39 is 16.9 Å². The molecule has 2 heterocycles. The van der Waals surface area contributed by atoms with Gasteiger partial charge in [-0.3, -0.25) is 19.5 Å². The molecule has 0 fully saturated rings. The average Bonchev–Trinajstić information content (AvgIpc) is 2.87. The van der Waals surface area contributed by atoms with E-state index in [-0.39, 0.29) is 16.9 Å². The van der Waals surface area contributed by atoms with Crippen LogP contribution in [0, 0.1) is 10.1 Å². The Hall–Kier alpha value is -2.97. The first-order valence-electron chi connectivity index (χ1n) is 6.02. The van der Waals surface area contributed by atoms with Crippen LogP contribution in [-0.4, -0.2) is 19.3 Å². The molecule has 0 saturated heterocycles. The van der Waals surface area contributed by atoms with Gasteiger partial charge in [0.15, 0.2) is 0 Å². The molecule has 0 aliphatic heterocycles. The monoisotopic (exact) mass is 308 g/mol. The SMILES string of the molecule is O=[N+]([O-])c1ccc(-c2nc(C(F)(F)F)n3ccncc23)cc1. The number of benzene rings is 1. The fourth-order valence-electron chi connectivity index (χ4n) is 2.09. The first-order valence-corrected chi connectivity index (χ1v) is 6.02. The zero-order chi connectivity index (χ0) is 15.9. The van der Waals surface area contributed by atoms with Gasteiger partial charge in [-0.25, -0.2) is 4.98 Å². The first kappa shape index (κ1) is 14.0. The molecular formula is C13H7F3N4O2. The van der Waals surface area contributed by atoms with E-state index in [1.165, 1.54) is 42.9 Å². The minimum absolute atomic E-state index is 0.0651. The summed E-state index contributed by atoms with van der Waals surface area (Å²) in [6.07, 6.45) is -0.966. The number of nitrogens with zero attached hydrogens (tertiary/aromatic N) is 4. The van der Waals surface area contributed by atoms with Gasteiger partial charge >= 0.3 is 6.18 Å². The number of nitro groups is 1. The topological polar surface area (TPSA) is 73.3 Å². The highest BCUT2D eigenvalue weighted by Crippen LogP contribution is 2.33. The Labute approximate surface area is 121 Å². The second-order valence-electron chi connectivity index (χ2n) is 4.42. The second kappa shape index (κ2) is 4.79. The van der Waals surface area contributed by atoms with Crippen molar-refractivity contribution < 1.29 is 18.1 Å². The Morgan fingerprint density at radius 3 is 2.45 bits per heavy atom. The lowest BCUT2D eigenvalue weighted by atomic mass is 10.1. The number of aromatic nitrogens is 3. The van der Waals surface area contributed by atoms with Gasteiger partial charge in [0, 0.05) is 30.1 Å². The predicted molar refractivity (Wildman–Crippen MR) is 70.1 cm³/mol. The Kier molecular flexibility index (Phi) is 3.05. The number of non-ortho nitro benzene ring substituents is 1. The van der Waals surface area contributed by atoms with Crippen LogP contribution in [-0.2, 0) is 6.18 Å².